The van der Waals surface area contributed by atoms with Gasteiger partial charge in [0.1, 0.15) is 5.60 Å². The highest BCUT2D eigenvalue weighted by Gasteiger charge is 2.51. The van der Waals surface area contributed by atoms with Crippen LogP contribution in [0.15, 0.2) is 30.3 Å². The Morgan fingerprint density at radius 1 is 1.26 bits per heavy atom. The molecule has 0 radical (unpaired) electrons. The zero-order valence-corrected chi connectivity index (χ0v) is 14.1. The molecule has 1 aromatic rings. The highest BCUT2D eigenvalue weighted by Crippen LogP contribution is 2.42. The van der Waals surface area contributed by atoms with Gasteiger partial charge in [0.25, 0.3) is 0 Å². The maximum atomic E-state index is 13.0. The first-order chi connectivity index (χ1) is 10.8. The minimum Gasteiger partial charge on any atom is -0.459 e. The molecule has 0 spiro atoms. The molecular formula is C19H25NO3. The predicted molar refractivity (Wildman–Crippen MR) is 87.5 cm³/mol. The van der Waals surface area contributed by atoms with E-state index < -0.39 is 23.1 Å². The number of carbonyl (C=O) groups excluding carboxylic acids is 1. The topological polar surface area (TPSA) is 70.3 Å². The standard InChI is InChI=1S/C19H25NO3/c1-18(2,3)23-17(22)19(13-20,14-8-5-4-6-9-14)15-10-7-11-16(21)12-15/h4-6,8-9,15-16,21H,7,10-12H2,1-3H3. The summed E-state index contributed by atoms with van der Waals surface area (Å²) in [5, 5.41) is 20.0. The van der Waals surface area contributed by atoms with Crippen molar-refractivity contribution in [2.75, 3.05) is 0 Å². The van der Waals surface area contributed by atoms with Crippen molar-refractivity contribution >= 4 is 5.97 Å². The molecule has 0 bridgehead atoms. The number of aliphatic hydroxyl groups excluding tert-OH is 1. The van der Waals surface area contributed by atoms with Crippen LogP contribution in [0.2, 0.25) is 0 Å². The molecule has 1 aromatic carbocycles. The monoisotopic (exact) mass is 315 g/mol. The lowest BCUT2D eigenvalue weighted by molar-refractivity contribution is -0.162. The van der Waals surface area contributed by atoms with E-state index in [1.54, 1.807) is 32.9 Å². The molecule has 2 rings (SSSR count). The summed E-state index contributed by atoms with van der Waals surface area (Å²) in [5.74, 6) is -0.758. The minimum absolute atomic E-state index is 0.242. The van der Waals surface area contributed by atoms with Crippen LogP contribution in [0.25, 0.3) is 0 Å². The van der Waals surface area contributed by atoms with Gasteiger partial charge < -0.3 is 9.84 Å². The van der Waals surface area contributed by atoms with Gasteiger partial charge >= 0.3 is 5.97 Å². The summed E-state index contributed by atoms with van der Waals surface area (Å²) in [6.07, 6.45) is 2.25. The van der Waals surface area contributed by atoms with Crippen molar-refractivity contribution in [2.45, 2.75) is 63.6 Å². The first-order valence-corrected chi connectivity index (χ1v) is 8.18. The molecule has 0 saturated heterocycles. The van der Waals surface area contributed by atoms with E-state index in [4.69, 9.17) is 4.74 Å². The average molecular weight is 315 g/mol. The summed E-state index contributed by atoms with van der Waals surface area (Å²) in [6.45, 7) is 5.40. The maximum Gasteiger partial charge on any atom is 0.331 e. The van der Waals surface area contributed by atoms with Crippen molar-refractivity contribution in [2.24, 2.45) is 5.92 Å². The number of ether oxygens (including phenoxy) is 1. The molecule has 0 amide bonds. The molecule has 1 N–H and O–H groups in total. The quantitative estimate of drug-likeness (QED) is 0.868. The van der Waals surface area contributed by atoms with Crippen LogP contribution in [0.4, 0.5) is 0 Å². The van der Waals surface area contributed by atoms with Crippen molar-refractivity contribution in [3.8, 4) is 6.07 Å². The average Bonchev–Trinajstić information content (AvgIpc) is 2.48. The SMILES string of the molecule is CC(C)(C)OC(=O)C(C#N)(c1ccccc1)C1CCCC(O)C1. The van der Waals surface area contributed by atoms with E-state index in [0.717, 1.165) is 19.3 Å². The first-order valence-electron chi connectivity index (χ1n) is 8.18. The summed E-state index contributed by atoms with van der Waals surface area (Å²) in [6, 6.07) is 11.4. The number of rotatable bonds is 3. The Hall–Kier alpha value is -1.86. The number of hydrogen-bond donors (Lipinski definition) is 1. The third-order valence-electron chi connectivity index (χ3n) is 4.39. The molecule has 4 nitrogen and oxygen atoms in total. The number of esters is 1. The lowest BCUT2D eigenvalue weighted by Gasteiger charge is -2.38. The fourth-order valence-electron chi connectivity index (χ4n) is 3.34. The van der Waals surface area contributed by atoms with Crippen LogP contribution in [0.3, 0.4) is 0 Å². The Bertz CT molecular complexity index is 585. The maximum absolute atomic E-state index is 13.0. The number of hydrogen-bond acceptors (Lipinski definition) is 4. The lowest BCUT2D eigenvalue weighted by atomic mass is 9.65. The van der Waals surface area contributed by atoms with Gasteiger partial charge in [-0.15, -0.1) is 0 Å². The molecule has 23 heavy (non-hydrogen) atoms. The smallest absolute Gasteiger partial charge is 0.331 e. The van der Waals surface area contributed by atoms with Crippen molar-refractivity contribution in [3.05, 3.63) is 35.9 Å². The van der Waals surface area contributed by atoms with Crippen LogP contribution in [-0.4, -0.2) is 22.8 Å². The van der Waals surface area contributed by atoms with Gasteiger partial charge in [-0.1, -0.05) is 36.8 Å². The summed E-state index contributed by atoms with van der Waals surface area (Å²) in [7, 11) is 0. The van der Waals surface area contributed by atoms with Crippen molar-refractivity contribution < 1.29 is 14.6 Å². The second kappa shape index (κ2) is 6.72. The molecule has 124 valence electrons. The van der Waals surface area contributed by atoms with Gasteiger partial charge in [-0.25, -0.2) is 4.79 Å². The van der Waals surface area contributed by atoms with Crippen LogP contribution in [-0.2, 0) is 14.9 Å². The molecular weight excluding hydrogens is 290 g/mol. The molecule has 0 heterocycles. The Balaban J connectivity index is 2.49. The zero-order valence-electron chi connectivity index (χ0n) is 14.1. The highest BCUT2D eigenvalue weighted by atomic mass is 16.6. The lowest BCUT2D eigenvalue weighted by Crippen LogP contribution is -2.47. The van der Waals surface area contributed by atoms with Gasteiger partial charge in [-0.05, 0) is 51.5 Å². The number of nitriles is 1. The summed E-state index contributed by atoms with van der Waals surface area (Å²) in [4.78, 5) is 13.0. The number of carbonyl (C=O) groups is 1. The number of nitrogens with zero attached hydrogens (tertiary/aromatic N) is 1. The van der Waals surface area contributed by atoms with E-state index in [2.05, 4.69) is 6.07 Å². The Morgan fingerprint density at radius 3 is 2.43 bits per heavy atom. The van der Waals surface area contributed by atoms with Gasteiger partial charge in [-0.3, -0.25) is 0 Å². The number of aliphatic hydroxyl groups is 1. The number of benzene rings is 1. The molecule has 0 aromatic heterocycles. The van der Waals surface area contributed by atoms with Crippen molar-refractivity contribution in [1.82, 2.24) is 0 Å². The van der Waals surface area contributed by atoms with Crippen LogP contribution < -0.4 is 0 Å². The highest BCUT2D eigenvalue weighted by molar-refractivity contribution is 5.87. The van der Waals surface area contributed by atoms with E-state index in [1.165, 1.54) is 0 Å². The van der Waals surface area contributed by atoms with Gasteiger partial charge in [0.05, 0.1) is 12.2 Å². The molecule has 1 aliphatic rings. The van der Waals surface area contributed by atoms with Gasteiger partial charge in [0, 0.05) is 0 Å². The molecule has 3 atom stereocenters. The molecule has 4 heteroatoms. The Morgan fingerprint density at radius 2 is 1.91 bits per heavy atom. The molecule has 0 aliphatic heterocycles. The molecule has 1 saturated carbocycles. The third kappa shape index (κ3) is 3.73. The first kappa shape index (κ1) is 17.5. The third-order valence-corrected chi connectivity index (χ3v) is 4.39. The van der Waals surface area contributed by atoms with Crippen LogP contribution in [0.5, 0.6) is 0 Å². The van der Waals surface area contributed by atoms with Gasteiger partial charge in [0.2, 0.25) is 0 Å². The van der Waals surface area contributed by atoms with Crippen LogP contribution in [0.1, 0.15) is 52.0 Å². The second-order valence-corrected chi connectivity index (χ2v) is 7.31. The Kier molecular flexibility index (Phi) is 5.11. The van der Waals surface area contributed by atoms with E-state index in [0.29, 0.717) is 12.0 Å². The predicted octanol–water partition coefficient (Wildman–Crippen LogP) is 3.34. The van der Waals surface area contributed by atoms with Crippen molar-refractivity contribution in [3.63, 3.8) is 0 Å². The normalized spacial score (nSPS) is 24.3. The molecule has 1 fully saturated rings. The van der Waals surface area contributed by atoms with Gasteiger partial charge in [-0.2, -0.15) is 5.26 Å². The minimum atomic E-state index is -1.37. The van der Waals surface area contributed by atoms with Crippen molar-refractivity contribution in [1.29, 1.82) is 5.26 Å². The molecule has 1 aliphatic carbocycles. The summed E-state index contributed by atoms with van der Waals surface area (Å²) in [5.41, 5.74) is -1.38. The molecule has 3 unspecified atom stereocenters. The summed E-state index contributed by atoms with van der Waals surface area (Å²) >= 11 is 0. The fourth-order valence-corrected chi connectivity index (χ4v) is 3.34. The van der Waals surface area contributed by atoms with E-state index >= 15 is 0 Å². The van der Waals surface area contributed by atoms with E-state index in [1.807, 2.05) is 18.2 Å². The van der Waals surface area contributed by atoms with Crippen LogP contribution >= 0.6 is 0 Å². The fraction of sp³-hybridized carbons (Fsp3) is 0.579. The largest absolute Gasteiger partial charge is 0.459 e. The Labute approximate surface area is 138 Å². The van der Waals surface area contributed by atoms with Crippen LogP contribution in [0, 0.1) is 17.2 Å². The second-order valence-electron chi connectivity index (χ2n) is 7.31. The van der Waals surface area contributed by atoms with E-state index in [9.17, 15) is 15.2 Å². The van der Waals surface area contributed by atoms with Gasteiger partial charge in [0.15, 0.2) is 5.41 Å². The summed E-state index contributed by atoms with van der Waals surface area (Å²) < 4.78 is 5.59. The zero-order chi connectivity index (χ0) is 17.1. The van der Waals surface area contributed by atoms with E-state index in [-0.39, 0.29) is 5.92 Å².